The summed E-state index contributed by atoms with van der Waals surface area (Å²) in [4.78, 5) is 11.0. The van der Waals surface area contributed by atoms with E-state index in [2.05, 4.69) is 0 Å². The monoisotopic (exact) mass is 497 g/mol. The highest BCUT2D eigenvalue weighted by Crippen LogP contribution is 2.38. The number of carboxylic acids is 1. The van der Waals surface area contributed by atoms with Gasteiger partial charge in [-0.25, -0.2) is 0 Å². The number of benzene rings is 2. The van der Waals surface area contributed by atoms with Gasteiger partial charge in [0.15, 0.2) is 0 Å². The molecule has 180 valence electrons. The highest BCUT2D eigenvalue weighted by molar-refractivity contribution is 7.99. The summed E-state index contributed by atoms with van der Waals surface area (Å²) < 4.78 is 11.3. The van der Waals surface area contributed by atoms with E-state index in [-0.39, 0.29) is 5.75 Å². The number of aliphatic carboxylic acids is 1. The van der Waals surface area contributed by atoms with Crippen LogP contribution in [0, 0.1) is 0 Å². The predicted octanol–water partition coefficient (Wildman–Crippen LogP) is 1.95. The van der Waals surface area contributed by atoms with Crippen LogP contribution in [0.4, 0.5) is 0 Å². The maximum Gasteiger partial charge on any atom is 0.321 e. The molecule has 0 spiro atoms. The van der Waals surface area contributed by atoms with Gasteiger partial charge < -0.3 is 35.6 Å². The van der Waals surface area contributed by atoms with Gasteiger partial charge in [0.2, 0.25) is 0 Å². The van der Waals surface area contributed by atoms with E-state index < -0.39 is 41.9 Å². The number of halogens is 1. The van der Waals surface area contributed by atoms with Crippen LogP contribution in [0.5, 0.6) is 5.75 Å². The summed E-state index contributed by atoms with van der Waals surface area (Å²) in [7, 11) is 0. The molecule has 8 nitrogen and oxygen atoms in total. The summed E-state index contributed by atoms with van der Waals surface area (Å²) in [5.74, 6) is -0.434. The molecule has 10 heteroatoms. The number of carbonyl (C=O) groups is 1. The Bertz CT molecular complexity index is 945. The lowest BCUT2D eigenvalue weighted by Crippen LogP contribution is -2.53. The van der Waals surface area contributed by atoms with Crippen LogP contribution in [-0.4, -0.2) is 68.5 Å². The van der Waals surface area contributed by atoms with Crippen LogP contribution in [0.25, 0.3) is 0 Å². The lowest BCUT2D eigenvalue weighted by molar-refractivity contribution is -0.200. The molecular formula is C23H28ClNO7S. The Kier molecular flexibility index (Phi) is 9.00. The van der Waals surface area contributed by atoms with Crippen LogP contribution >= 0.6 is 23.4 Å². The maximum absolute atomic E-state index is 11.0. The second-order valence-electron chi connectivity index (χ2n) is 7.78. The first kappa shape index (κ1) is 25.8. The maximum atomic E-state index is 11.0. The van der Waals surface area contributed by atoms with Crippen molar-refractivity contribution in [1.82, 2.24) is 0 Å². The summed E-state index contributed by atoms with van der Waals surface area (Å²) in [6, 6.07) is 11.7. The molecule has 0 amide bonds. The summed E-state index contributed by atoms with van der Waals surface area (Å²) in [5.41, 5.74) is 6.94. The number of nitrogens with two attached hydrogens (primary N) is 1. The van der Waals surface area contributed by atoms with Gasteiger partial charge in [-0.3, -0.25) is 4.79 Å². The van der Waals surface area contributed by atoms with Crippen molar-refractivity contribution in [2.24, 2.45) is 5.73 Å². The molecule has 33 heavy (non-hydrogen) atoms. The van der Waals surface area contributed by atoms with Crippen LogP contribution in [0.1, 0.15) is 29.7 Å². The Morgan fingerprint density at radius 3 is 2.48 bits per heavy atom. The van der Waals surface area contributed by atoms with E-state index in [0.29, 0.717) is 23.6 Å². The van der Waals surface area contributed by atoms with Gasteiger partial charge in [0.1, 0.15) is 41.6 Å². The lowest BCUT2D eigenvalue weighted by atomic mass is 9.92. The molecule has 1 aliphatic rings. The standard InChI is InChI=1S/C23H28ClNO7S/c1-2-31-15-6-3-12(4-7-15)9-14-10-13(5-8-16(14)24)21-19(27)18(26)20(28)23(32-21)33-11-17(25)22(29)30/h3-8,10,17-21,23,26-28H,2,9,11,25H2,1H3,(H,29,30)/t17-,18+,19+,20-,21-,23+/m0/s1. The molecule has 0 aromatic heterocycles. The van der Waals surface area contributed by atoms with Crippen molar-refractivity contribution in [2.45, 2.75) is 49.2 Å². The van der Waals surface area contributed by atoms with E-state index >= 15 is 0 Å². The quantitative estimate of drug-likeness (QED) is 0.351. The molecule has 0 unspecified atom stereocenters. The van der Waals surface area contributed by atoms with Crippen molar-refractivity contribution in [3.63, 3.8) is 0 Å². The summed E-state index contributed by atoms with van der Waals surface area (Å²) in [5, 5.41) is 40.8. The zero-order valence-corrected chi connectivity index (χ0v) is 19.6. The normalized spacial score (nSPS) is 26.1. The molecule has 3 rings (SSSR count). The van der Waals surface area contributed by atoms with Crippen molar-refractivity contribution < 1.29 is 34.7 Å². The third-order valence-corrected chi connectivity index (χ3v) is 6.99. The zero-order valence-electron chi connectivity index (χ0n) is 18.0. The van der Waals surface area contributed by atoms with Gasteiger partial charge in [0.05, 0.1) is 6.61 Å². The minimum absolute atomic E-state index is 0.0315. The van der Waals surface area contributed by atoms with E-state index in [0.717, 1.165) is 28.6 Å². The van der Waals surface area contributed by atoms with Crippen LogP contribution in [0.3, 0.4) is 0 Å². The van der Waals surface area contributed by atoms with Gasteiger partial charge in [0.25, 0.3) is 0 Å². The van der Waals surface area contributed by atoms with Crippen molar-refractivity contribution in [3.05, 3.63) is 64.2 Å². The molecule has 2 aromatic rings. The fourth-order valence-electron chi connectivity index (χ4n) is 3.53. The Hall–Kier alpha value is -1.85. The molecule has 6 atom stereocenters. The van der Waals surface area contributed by atoms with E-state index in [9.17, 15) is 20.1 Å². The molecule has 1 saturated heterocycles. The number of carboxylic acid groups (broad SMARTS) is 1. The number of hydrogen-bond acceptors (Lipinski definition) is 8. The fourth-order valence-corrected chi connectivity index (χ4v) is 4.81. The van der Waals surface area contributed by atoms with E-state index in [4.69, 9.17) is 31.9 Å². The smallest absolute Gasteiger partial charge is 0.321 e. The van der Waals surface area contributed by atoms with Crippen molar-refractivity contribution in [1.29, 1.82) is 0 Å². The molecule has 0 saturated carbocycles. The largest absolute Gasteiger partial charge is 0.494 e. The average molecular weight is 498 g/mol. The van der Waals surface area contributed by atoms with Crippen molar-refractivity contribution in [3.8, 4) is 5.75 Å². The molecule has 1 aliphatic heterocycles. The van der Waals surface area contributed by atoms with E-state index in [1.807, 2.05) is 31.2 Å². The fraction of sp³-hybridized carbons (Fsp3) is 0.435. The Labute approximate surface area is 201 Å². The van der Waals surface area contributed by atoms with Crippen molar-refractivity contribution in [2.75, 3.05) is 12.4 Å². The van der Waals surface area contributed by atoms with E-state index in [1.165, 1.54) is 0 Å². The van der Waals surface area contributed by atoms with Gasteiger partial charge in [-0.05, 0) is 48.2 Å². The van der Waals surface area contributed by atoms with Crippen LogP contribution in [0.2, 0.25) is 5.02 Å². The minimum Gasteiger partial charge on any atom is -0.494 e. The van der Waals surface area contributed by atoms with Crippen LogP contribution in [0.15, 0.2) is 42.5 Å². The Morgan fingerprint density at radius 2 is 1.85 bits per heavy atom. The van der Waals surface area contributed by atoms with Gasteiger partial charge >= 0.3 is 5.97 Å². The molecule has 1 fully saturated rings. The Morgan fingerprint density at radius 1 is 1.15 bits per heavy atom. The van der Waals surface area contributed by atoms with Crippen LogP contribution < -0.4 is 10.5 Å². The molecule has 1 heterocycles. The number of thioether (sulfide) groups is 1. The van der Waals surface area contributed by atoms with Crippen molar-refractivity contribution >= 4 is 29.3 Å². The summed E-state index contributed by atoms with van der Waals surface area (Å²) >= 11 is 7.38. The third kappa shape index (κ3) is 6.39. The highest BCUT2D eigenvalue weighted by atomic mass is 35.5. The molecular weight excluding hydrogens is 470 g/mol. The zero-order chi connectivity index (χ0) is 24.1. The summed E-state index contributed by atoms with van der Waals surface area (Å²) in [6.07, 6.45) is -4.69. The first-order valence-electron chi connectivity index (χ1n) is 10.5. The van der Waals surface area contributed by atoms with Gasteiger partial charge in [-0.2, -0.15) is 0 Å². The minimum atomic E-state index is -1.48. The molecule has 0 radical (unpaired) electrons. The molecule has 6 N–H and O–H groups in total. The first-order valence-corrected chi connectivity index (χ1v) is 11.9. The van der Waals surface area contributed by atoms with E-state index in [1.54, 1.807) is 18.2 Å². The Balaban J connectivity index is 1.78. The SMILES string of the molecule is CCOc1ccc(Cc2cc([C@@H]3O[C@H](SC[C@H](N)C(=O)O)[C@@H](O)[C@H](O)[C@H]3O)ccc2Cl)cc1. The lowest BCUT2D eigenvalue weighted by Gasteiger charge is -2.40. The first-order chi connectivity index (χ1) is 15.7. The second-order valence-corrected chi connectivity index (χ2v) is 9.32. The second kappa shape index (κ2) is 11.5. The topological polar surface area (TPSA) is 142 Å². The number of ether oxygens (including phenoxy) is 2. The summed E-state index contributed by atoms with van der Waals surface area (Å²) in [6.45, 7) is 2.50. The molecule has 0 bridgehead atoms. The van der Waals surface area contributed by atoms with Gasteiger partial charge in [-0.1, -0.05) is 35.9 Å². The number of hydrogen-bond donors (Lipinski definition) is 5. The number of rotatable bonds is 9. The average Bonchev–Trinajstić information content (AvgIpc) is 2.80. The predicted molar refractivity (Wildman–Crippen MR) is 126 cm³/mol. The molecule has 2 aromatic carbocycles. The number of aliphatic hydroxyl groups is 3. The third-order valence-electron chi connectivity index (χ3n) is 5.35. The van der Waals surface area contributed by atoms with Gasteiger partial charge in [0, 0.05) is 10.8 Å². The number of aliphatic hydroxyl groups excluding tert-OH is 3. The molecule has 0 aliphatic carbocycles. The van der Waals surface area contributed by atoms with Gasteiger partial charge in [-0.15, -0.1) is 11.8 Å². The highest BCUT2D eigenvalue weighted by Gasteiger charge is 2.44. The van der Waals surface area contributed by atoms with Crippen LogP contribution in [-0.2, 0) is 16.0 Å².